The summed E-state index contributed by atoms with van der Waals surface area (Å²) in [6.45, 7) is 8.61. The third-order valence-corrected chi connectivity index (χ3v) is 6.53. The van der Waals surface area contributed by atoms with Crippen LogP contribution in [0.2, 0.25) is 0 Å². The van der Waals surface area contributed by atoms with Gasteiger partial charge in [-0.15, -0.1) is 0 Å². The Labute approximate surface area is 219 Å². The summed E-state index contributed by atoms with van der Waals surface area (Å²) < 4.78 is 24.3. The summed E-state index contributed by atoms with van der Waals surface area (Å²) in [5.74, 6) is 1.29. The average molecular weight is 523 g/mol. The Balaban J connectivity index is 1.86. The second-order valence-corrected chi connectivity index (χ2v) is 9.50. The zero-order chi connectivity index (χ0) is 26.5. The zero-order valence-corrected chi connectivity index (χ0v) is 22.3. The van der Waals surface area contributed by atoms with E-state index in [1.807, 2.05) is 58.0 Å². The van der Waals surface area contributed by atoms with Crippen molar-refractivity contribution in [3.05, 3.63) is 85.1 Å². The number of carbonyl (C=O) groups excluding carboxylic acids is 1. The summed E-state index contributed by atoms with van der Waals surface area (Å²) in [4.78, 5) is 31.4. The molecule has 0 fully saturated rings. The third kappa shape index (κ3) is 5.61. The van der Waals surface area contributed by atoms with Crippen LogP contribution in [0.15, 0.2) is 64.0 Å². The van der Waals surface area contributed by atoms with Gasteiger partial charge in [-0.05, 0) is 69.2 Å². The number of esters is 1. The lowest BCUT2D eigenvalue weighted by molar-refractivity contribution is -0.136. The van der Waals surface area contributed by atoms with Gasteiger partial charge >= 0.3 is 5.97 Å². The van der Waals surface area contributed by atoms with Crippen LogP contribution in [0.25, 0.3) is 6.08 Å². The molecule has 0 saturated carbocycles. The number of aromatic nitrogens is 1. The molecule has 8 nitrogen and oxygen atoms in total. The summed E-state index contributed by atoms with van der Waals surface area (Å²) in [6.07, 6.45) is 3.31. The molecule has 9 heteroatoms. The van der Waals surface area contributed by atoms with Crippen LogP contribution in [-0.4, -0.2) is 37.0 Å². The molecule has 0 amide bonds. The van der Waals surface area contributed by atoms with E-state index in [9.17, 15) is 9.59 Å². The van der Waals surface area contributed by atoms with Crippen molar-refractivity contribution in [1.29, 1.82) is 0 Å². The Morgan fingerprint density at radius 1 is 1.11 bits per heavy atom. The fraction of sp³-hybridized carbons (Fsp3) is 0.321. The van der Waals surface area contributed by atoms with Crippen LogP contribution in [0.3, 0.4) is 0 Å². The molecule has 4 rings (SSSR count). The number of carbonyl (C=O) groups is 1. The minimum absolute atomic E-state index is 0.0352. The van der Waals surface area contributed by atoms with E-state index in [0.29, 0.717) is 39.6 Å². The molecule has 1 atom stereocenters. The van der Waals surface area contributed by atoms with Crippen molar-refractivity contribution in [2.45, 2.75) is 39.8 Å². The SMILES string of the molecule is CCOc1ccc([C@H]2C(C(=O)OC)=CN=c3s/c(=C/c4cccc(OC(C)C)c4)c(=O)n32)cc1OCC. The third-order valence-electron chi connectivity index (χ3n) is 5.54. The smallest absolute Gasteiger partial charge is 0.337 e. The van der Waals surface area contributed by atoms with E-state index < -0.39 is 12.0 Å². The van der Waals surface area contributed by atoms with Crippen molar-refractivity contribution in [3.63, 3.8) is 0 Å². The van der Waals surface area contributed by atoms with Gasteiger partial charge in [0.1, 0.15) is 5.75 Å². The summed E-state index contributed by atoms with van der Waals surface area (Å²) >= 11 is 1.26. The molecule has 194 valence electrons. The Kier molecular flexibility index (Phi) is 8.13. The fourth-order valence-electron chi connectivity index (χ4n) is 4.09. The highest BCUT2D eigenvalue weighted by molar-refractivity contribution is 7.07. The molecule has 0 unspecified atom stereocenters. The molecule has 2 aromatic carbocycles. The highest BCUT2D eigenvalue weighted by atomic mass is 32.1. The van der Waals surface area contributed by atoms with Crippen molar-refractivity contribution in [1.82, 2.24) is 4.57 Å². The molecule has 37 heavy (non-hydrogen) atoms. The van der Waals surface area contributed by atoms with Gasteiger partial charge in [-0.3, -0.25) is 9.36 Å². The van der Waals surface area contributed by atoms with Gasteiger partial charge in [0, 0.05) is 6.20 Å². The van der Waals surface area contributed by atoms with E-state index in [1.54, 1.807) is 18.2 Å². The average Bonchev–Trinajstić information content (AvgIpc) is 3.19. The van der Waals surface area contributed by atoms with Crippen molar-refractivity contribution in [3.8, 4) is 17.2 Å². The summed E-state index contributed by atoms with van der Waals surface area (Å²) in [5, 5.41) is 0. The number of methoxy groups -OCH3 is 1. The predicted octanol–water partition coefficient (Wildman–Crippen LogP) is 3.60. The number of hydrogen-bond donors (Lipinski definition) is 0. The normalized spacial score (nSPS) is 15.0. The van der Waals surface area contributed by atoms with Crippen LogP contribution in [0.1, 0.15) is 44.9 Å². The maximum absolute atomic E-state index is 13.7. The first-order valence-electron chi connectivity index (χ1n) is 12.1. The maximum atomic E-state index is 13.7. The first kappa shape index (κ1) is 26.2. The Morgan fingerprint density at radius 3 is 2.57 bits per heavy atom. The fourth-order valence-corrected chi connectivity index (χ4v) is 5.06. The van der Waals surface area contributed by atoms with Crippen LogP contribution in [-0.2, 0) is 9.53 Å². The van der Waals surface area contributed by atoms with Crippen LogP contribution < -0.4 is 29.1 Å². The standard InChI is InChI=1S/C28H30N2O6S/c1-6-34-22-12-11-19(15-23(22)35-7-2)25-21(27(32)33-5)16-29-28-30(25)26(31)24(37-28)14-18-9-8-10-20(13-18)36-17(3)4/h8-17,25H,6-7H2,1-5H3/b24-14+/t25-/m0/s1. The van der Waals surface area contributed by atoms with Crippen LogP contribution in [0.5, 0.6) is 17.2 Å². The predicted molar refractivity (Wildman–Crippen MR) is 142 cm³/mol. The number of rotatable bonds is 9. The van der Waals surface area contributed by atoms with E-state index in [1.165, 1.54) is 29.2 Å². The molecule has 3 aromatic rings. The van der Waals surface area contributed by atoms with Crippen molar-refractivity contribution >= 4 is 23.4 Å². The number of ether oxygens (including phenoxy) is 4. The quantitative estimate of drug-likeness (QED) is 0.399. The Hall–Kier alpha value is -3.85. The van der Waals surface area contributed by atoms with Gasteiger partial charge in [0.2, 0.25) is 0 Å². The number of nitrogens with zero attached hydrogens (tertiary/aromatic N) is 2. The molecule has 1 aliphatic rings. The van der Waals surface area contributed by atoms with Crippen molar-refractivity contribution in [2.24, 2.45) is 4.99 Å². The molecule has 0 bridgehead atoms. The van der Waals surface area contributed by atoms with Gasteiger partial charge in [0.25, 0.3) is 5.56 Å². The highest BCUT2D eigenvalue weighted by Crippen LogP contribution is 2.35. The monoisotopic (exact) mass is 522 g/mol. The molecule has 0 N–H and O–H groups in total. The number of benzene rings is 2. The topological polar surface area (TPSA) is 88.4 Å². The van der Waals surface area contributed by atoms with Crippen LogP contribution >= 0.6 is 11.3 Å². The van der Waals surface area contributed by atoms with E-state index >= 15 is 0 Å². The zero-order valence-electron chi connectivity index (χ0n) is 21.5. The maximum Gasteiger partial charge on any atom is 0.337 e. The van der Waals surface area contributed by atoms with Gasteiger partial charge in [-0.25, -0.2) is 9.79 Å². The van der Waals surface area contributed by atoms with E-state index in [4.69, 9.17) is 18.9 Å². The largest absolute Gasteiger partial charge is 0.491 e. The molecule has 0 radical (unpaired) electrons. The molecule has 0 spiro atoms. The first-order valence-corrected chi connectivity index (χ1v) is 12.9. The Bertz CT molecular complexity index is 1500. The van der Waals surface area contributed by atoms with Crippen LogP contribution in [0.4, 0.5) is 0 Å². The van der Waals surface area contributed by atoms with Crippen molar-refractivity contribution in [2.75, 3.05) is 20.3 Å². The lowest BCUT2D eigenvalue weighted by Crippen LogP contribution is -2.39. The first-order chi connectivity index (χ1) is 17.9. The minimum Gasteiger partial charge on any atom is -0.491 e. The molecule has 1 aliphatic heterocycles. The van der Waals surface area contributed by atoms with Gasteiger partial charge in [0.05, 0.1) is 42.6 Å². The summed E-state index contributed by atoms with van der Waals surface area (Å²) in [6, 6.07) is 12.2. The molecule has 2 heterocycles. The van der Waals surface area contributed by atoms with Crippen LogP contribution in [0, 0.1) is 0 Å². The van der Waals surface area contributed by atoms with Gasteiger partial charge in [-0.2, -0.15) is 0 Å². The summed E-state index contributed by atoms with van der Waals surface area (Å²) in [7, 11) is 1.31. The highest BCUT2D eigenvalue weighted by Gasteiger charge is 2.31. The van der Waals surface area contributed by atoms with E-state index in [0.717, 1.165) is 11.3 Å². The van der Waals surface area contributed by atoms with Gasteiger partial charge < -0.3 is 18.9 Å². The molecule has 0 saturated heterocycles. The second-order valence-electron chi connectivity index (χ2n) is 8.49. The van der Waals surface area contributed by atoms with Crippen molar-refractivity contribution < 1.29 is 23.7 Å². The lowest BCUT2D eigenvalue weighted by atomic mass is 9.97. The molecular weight excluding hydrogens is 492 g/mol. The summed E-state index contributed by atoms with van der Waals surface area (Å²) in [5.41, 5.74) is 1.50. The second kappa shape index (κ2) is 11.5. The molecule has 1 aromatic heterocycles. The van der Waals surface area contributed by atoms with Gasteiger partial charge in [0.15, 0.2) is 16.3 Å². The number of thiazole rings is 1. The Morgan fingerprint density at radius 2 is 1.86 bits per heavy atom. The molecule has 0 aliphatic carbocycles. The minimum atomic E-state index is -0.739. The van der Waals surface area contributed by atoms with E-state index in [2.05, 4.69) is 4.99 Å². The lowest BCUT2D eigenvalue weighted by Gasteiger charge is -2.23. The number of fused-ring (bicyclic) bond motifs is 1. The number of hydrogen-bond acceptors (Lipinski definition) is 8. The van der Waals surface area contributed by atoms with E-state index in [-0.39, 0.29) is 17.2 Å². The molecular formula is C28H30N2O6S. The van der Waals surface area contributed by atoms with Gasteiger partial charge in [-0.1, -0.05) is 29.5 Å².